The van der Waals surface area contributed by atoms with Crippen LogP contribution in [0, 0.1) is 0 Å². The monoisotopic (exact) mass is 166 g/mol. The number of nitrogens with zero attached hydrogens (tertiary/aromatic N) is 2. The number of primary amides is 1. The average Bonchev–Trinajstić information content (AvgIpc) is 2.49. The fraction of sp³-hybridized carbons (Fsp3) is 0.429. The van der Waals surface area contributed by atoms with Crippen LogP contribution in [0.3, 0.4) is 0 Å². The van der Waals surface area contributed by atoms with Gasteiger partial charge in [0.25, 0.3) is 0 Å². The number of carbonyl (C=O) groups is 1. The second kappa shape index (κ2) is 2.51. The molecule has 0 saturated carbocycles. The Hall–Kier alpha value is -1.52. The third kappa shape index (κ3) is 1.03. The van der Waals surface area contributed by atoms with Gasteiger partial charge in [-0.1, -0.05) is 0 Å². The van der Waals surface area contributed by atoms with Gasteiger partial charge in [0.1, 0.15) is 0 Å². The third-order valence-electron chi connectivity index (χ3n) is 2.09. The van der Waals surface area contributed by atoms with E-state index in [2.05, 4.69) is 9.97 Å². The van der Waals surface area contributed by atoms with Gasteiger partial charge in [0, 0.05) is 18.7 Å². The largest absolute Gasteiger partial charge is 0.351 e. The molecule has 2 amide bonds. The summed E-state index contributed by atoms with van der Waals surface area (Å²) in [5, 5.41) is 0. The zero-order valence-corrected chi connectivity index (χ0v) is 6.58. The fourth-order valence-electron chi connectivity index (χ4n) is 1.40. The summed E-state index contributed by atoms with van der Waals surface area (Å²) in [6.45, 7) is 1.22. The highest BCUT2D eigenvalue weighted by Gasteiger charge is 2.19. The molecule has 1 aliphatic rings. The van der Waals surface area contributed by atoms with Gasteiger partial charge in [0.15, 0.2) is 0 Å². The van der Waals surface area contributed by atoms with Crippen molar-refractivity contribution in [3.8, 4) is 0 Å². The van der Waals surface area contributed by atoms with Gasteiger partial charge in [0.05, 0.1) is 18.6 Å². The number of hydrogen-bond donors (Lipinski definition) is 2. The van der Waals surface area contributed by atoms with Gasteiger partial charge in [0.2, 0.25) is 0 Å². The predicted molar refractivity (Wildman–Crippen MR) is 42.3 cm³/mol. The molecular formula is C7H10N4O. The highest BCUT2D eigenvalue weighted by Crippen LogP contribution is 2.13. The van der Waals surface area contributed by atoms with E-state index >= 15 is 0 Å². The van der Waals surface area contributed by atoms with Gasteiger partial charge in [-0.25, -0.2) is 9.78 Å². The molecule has 3 N–H and O–H groups in total. The molecule has 0 saturated heterocycles. The summed E-state index contributed by atoms with van der Waals surface area (Å²) in [6, 6.07) is -0.372. The van der Waals surface area contributed by atoms with Gasteiger partial charge < -0.3 is 15.6 Å². The van der Waals surface area contributed by atoms with E-state index in [0.29, 0.717) is 13.1 Å². The second-order valence-electron chi connectivity index (χ2n) is 2.84. The van der Waals surface area contributed by atoms with E-state index in [4.69, 9.17) is 5.73 Å². The van der Waals surface area contributed by atoms with Crippen LogP contribution < -0.4 is 5.73 Å². The van der Waals surface area contributed by atoms with Crippen molar-refractivity contribution in [2.24, 2.45) is 5.73 Å². The average molecular weight is 166 g/mol. The number of imidazole rings is 1. The van der Waals surface area contributed by atoms with Crippen molar-refractivity contribution >= 4 is 6.03 Å². The molecule has 0 aliphatic carbocycles. The molecule has 0 atom stereocenters. The van der Waals surface area contributed by atoms with Gasteiger partial charge in [-0.15, -0.1) is 0 Å². The number of nitrogens with two attached hydrogens (primary N) is 1. The molecule has 0 spiro atoms. The Bertz CT molecular complexity index is 306. The first-order chi connectivity index (χ1) is 5.77. The number of rotatable bonds is 0. The molecule has 0 aromatic carbocycles. The second-order valence-corrected chi connectivity index (χ2v) is 2.84. The number of aromatic amines is 1. The molecule has 5 nitrogen and oxygen atoms in total. The van der Waals surface area contributed by atoms with E-state index < -0.39 is 0 Å². The first-order valence-electron chi connectivity index (χ1n) is 3.83. The van der Waals surface area contributed by atoms with Crippen molar-refractivity contribution in [3.63, 3.8) is 0 Å². The Morgan fingerprint density at radius 3 is 3.33 bits per heavy atom. The van der Waals surface area contributed by atoms with Crippen LogP contribution in [0.4, 0.5) is 4.79 Å². The fourth-order valence-corrected chi connectivity index (χ4v) is 1.40. The summed E-state index contributed by atoms with van der Waals surface area (Å²) < 4.78 is 0. The maximum atomic E-state index is 10.8. The Kier molecular flexibility index (Phi) is 1.49. The highest BCUT2D eigenvalue weighted by molar-refractivity contribution is 5.72. The van der Waals surface area contributed by atoms with Crippen molar-refractivity contribution in [3.05, 3.63) is 17.7 Å². The van der Waals surface area contributed by atoms with Crippen molar-refractivity contribution in [2.75, 3.05) is 6.54 Å². The van der Waals surface area contributed by atoms with Gasteiger partial charge in [-0.3, -0.25) is 0 Å². The number of amides is 2. The van der Waals surface area contributed by atoms with E-state index in [1.807, 2.05) is 0 Å². The molecule has 2 rings (SSSR count). The van der Waals surface area contributed by atoms with Gasteiger partial charge in [-0.05, 0) is 0 Å². The van der Waals surface area contributed by atoms with Crippen LogP contribution in [0.2, 0.25) is 0 Å². The summed E-state index contributed by atoms with van der Waals surface area (Å²) in [7, 11) is 0. The summed E-state index contributed by atoms with van der Waals surface area (Å²) in [5.41, 5.74) is 7.19. The Morgan fingerprint density at radius 2 is 2.58 bits per heavy atom. The molecule has 1 aromatic heterocycles. The first kappa shape index (κ1) is 7.15. The van der Waals surface area contributed by atoms with E-state index in [9.17, 15) is 4.79 Å². The number of H-pyrrole nitrogens is 1. The van der Waals surface area contributed by atoms with Crippen LogP contribution in [0.5, 0.6) is 0 Å². The number of hydrogen-bond acceptors (Lipinski definition) is 2. The zero-order chi connectivity index (χ0) is 8.55. The lowest BCUT2D eigenvalue weighted by atomic mass is 10.1. The normalized spacial score (nSPS) is 15.8. The van der Waals surface area contributed by atoms with Crippen LogP contribution in [-0.4, -0.2) is 27.4 Å². The molecule has 5 heteroatoms. The molecule has 0 fully saturated rings. The van der Waals surface area contributed by atoms with Crippen molar-refractivity contribution in [1.29, 1.82) is 0 Å². The summed E-state index contributed by atoms with van der Waals surface area (Å²) in [4.78, 5) is 19.5. The van der Waals surface area contributed by atoms with Crippen LogP contribution in [-0.2, 0) is 13.0 Å². The minimum Gasteiger partial charge on any atom is -0.351 e. The Labute approximate surface area is 69.6 Å². The van der Waals surface area contributed by atoms with Gasteiger partial charge >= 0.3 is 6.03 Å². The topological polar surface area (TPSA) is 75.0 Å². The number of carbonyl (C=O) groups excluding carboxylic acids is 1. The summed E-state index contributed by atoms with van der Waals surface area (Å²) in [5.74, 6) is 0. The molecular weight excluding hydrogens is 156 g/mol. The van der Waals surface area contributed by atoms with Crippen molar-refractivity contribution < 1.29 is 4.79 Å². The highest BCUT2D eigenvalue weighted by atomic mass is 16.2. The van der Waals surface area contributed by atoms with Crippen LogP contribution >= 0.6 is 0 Å². The van der Waals surface area contributed by atoms with E-state index in [1.54, 1.807) is 11.2 Å². The van der Waals surface area contributed by atoms with E-state index in [-0.39, 0.29) is 6.03 Å². The lowest BCUT2D eigenvalue weighted by Crippen LogP contribution is -2.39. The third-order valence-corrected chi connectivity index (χ3v) is 2.09. The number of urea groups is 1. The molecule has 1 aromatic rings. The maximum absolute atomic E-state index is 10.8. The number of aromatic nitrogens is 2. The van der Waals surface area contributed by atoms with E-state index in [1.165, 1.54) is 0 Å². The predicted octanol–water partition coefficient (Wildman–Crippen LogP) is -0.154. The summed E-state index contributed by atoms with van der Waals surface area (Å²) >= 11 is 0. The molecule has 0 unspecified atom stereocenters. The van der Waals surface area contributed by atoms with Crippen molar-refractivity contribution in [2.45, 2.75) is 13.0 Å². The van der Waals surface area contributed by atoms with Crippen LogP contribution in [0.1, 0.15) is 11.4 Å². The Morgan fingerprint density at radius 1 is 1.75 bits per heavy atom. The lowest BCUT2D eigenvalue weighted by molar-refractivity contribution is 0.201. The van der Waals surface area contributed by atoms with Crippen LogP contribution in [0.25, 0.3) is 0 Å². The molecule has 64 valence electrons. The smallest absolute Gasteiger partial charge is 0.315 e. The molecule has 0 radical (unpaired) electrons. The SMILES string of the molecule is NC(=O)N1CCc2[nH]cnc2C1. The van der Waals surface area contributed by atoms with Crippen molar-refractivity contribution in [1.82, 2.24) is 14.9 Å². The zero-order valence-electron chi connectivity index (χ0n) is 6.58. The molecule has 12 heavy (non-hydrogen) atoms. The lowest BCUT2D eigenvalue weighted by Gasteiger charge is -2.23. The standard InChI is InChI=1S/C7H10N4O/c8-7(12)11-2-1-5-6(3-11)10-4-9-5/h4H,1-3H2,(H2,8,12)(H,9,10). The van der Waals surface area contributed by atoms with E-state index in [0.717, 1.165) is 17.8 Å². The first-order valence-corrected chi connectivity index (χ1v) is 3.83. The van der Waals surface area contributed by atoms with Gasteiger partial charge in [-0.2, -0.15) is 0 Å². The minimum atomic E-state index is -0.372. The molecule has 1 aliphatic heterocycles. The molecule has 0 bridgehead atoms. The summed E-state index contributed by atoms with van der Waals surface area (Å²) in [6.07, 6.45) is 2.47. The van der Waals surface area contributed by atoms with Crippen LogP contribution in [0.15, 0.2) is 6.33 Å². The maximum Gasteiger partial charge on any atom is 0.315 e. The number of fused-ring (bicyclic) bond motifs is 1. The minimum absolute atomic E-state index is 0.372. The Balaban J connectivity index is 2.20. The quantitative estimate of drug-likeness (QED) is 0.562. The molecule has 2 heterocycles. The number of nitrogens with one attached hydrogen (secondary N) is 1.